The van der Waals surface area contributed by atoms with Crippen LogP contribution < -0.4 is 9.64 Å². The SMILES string of the molecule is Cc1cccc(OC(=O)/C=C/C(=O)N(C)c2ccccc2)c1. The number of anilines is 1. The number of para-hydroxylation sites is 1. The van der Waals surface area contributed by atoms with Gasteiger partial charge in [0.05, 0.1) is 0 Å². The molecule has 4 heteroatoms. The molecule has 2 aromatic rings. The second kappa shape index (κ2) is 7.22. The molecule has 0 radical (unpaired) electrons. The van der Waals surface area contributed by atoms with Gasteiger partial charge in [-0.1, -0.05) is 30.3 Å². The van der Waals surface area contributed by atoms with Gasteiger partial charge in [0.15, 0.2) is 0 Å². The molecule has 1 amide bonds. The van der Waals surface area contributed by atoms with Crippen molar-refractivity contribution < 1.29 is 14.3 Å². The molecule has 0 saturated heterocycles. The van der Waals surface area contributed by atoms with E-state index in [9.17, 15) is 9.59 Å². The summed E-state index contributed by atoms with van der Waals surface area (Å²) in [5.74, 6) is -0.425. The first-order valence-corrected chi connectivity index (χ1v) is 6.85. The fourth-order valence-corrected chi connectivity index (χ4v) is 1.86. The van der Waals surface area contributed by atoms with Crippen LogP contribution in [0.4, 0.5) is 5.69 Å². The molecule has 0 N–H and O–H groups in total. The highest BCUT2D eigenvalue weighted by Gasteiger charge is 2.08. The van der Waals surface area contributed by atoms with Gasteiger partial charge in [-0.3, -0.25) is 4.79 Å². The molecule has 0 saturated carbocycles. The van der Waals surface area contributed by atoms with Crippen molar-refractivity contribution in [1.29, 1.82) is 0 Å². The molecule has 22 heavy (non-hydrogen) atoms. The van der Waals surface area contributed by atoms with Crippen molar-refractivity contribution in [2.75, 3.05) is 11.9 Å². The van der Waals surface area contributed by atoms with Gasteiger partial charge in [-0.05, 0) is 36.8 Å². The fraction of sp³-hybridized carbons (Fsp3) is 0.111. The average Bonchev–Trinajstić information content (AvgIpc) is 2.52. The van der Waals surface area contributed by atoms with Gasteiger partial charge in [-0.2, -0.15) is 0 Å². The molecule has 2 rings (SSSR count). The van der Waals surface area contributed by atoms with Crippen molar-refractivity contribution in [2.45, 2.75) is 6.92 Å². The summed E-state index contributed by atoms with van der Waals surface area (Å²) in [7, 11) is 1.65. The summed E-state index contributed by atoms with van der Waals surface area (Å²) in [6.07, 6.45) is 2.33. The number of hydrogen-bond donors (Lipinski definition) is 0. The van der Waals surface area contributed by atoms with E-state index < -0.39 is 5.97 Å². The van der Waals surface area contributed by atoms with Crippen molar-refractivity contribution in [3.63, 3.8) is 0 Å². The first-order chi connectivity index (χ1) is 10.6. The molecule has 0 bridgehead atoms. The van der Waals surface area contributed by atoms with Crippen molar-refractivity contribution in [2.24, 2.45) is 0 Å². The van der Waals surface area contributed by atoms with Gasteiger partial charge in [0.25, 0.3) is 5.91 Å². The van der Waals surface area contributed by atoms with Crippen LogP contribution in [-0.4, -0.2) is 18.9 Å². The zero-order valence-electron chi connectivity index (χ0n) is 12.5. The summed E-state index contributed by atoms with van der Waals surface area (Å²) in [5.41, 5.74) is 1.75. The minimum Gasteiger partial charge on any atom is -0.423 e. The van der Waals surface area contributed by atoms with Crippen LogP contribution in [0.1, 0.15) is 5.56 Å². The van der Waals surface area contributed by atoms with E-state index in [0.29, 0.717) is 5.75 Å². The monoisotopic (exact) mass is 295 g/mol. The van der Waals surface area contributed by atoms with Gasteiger partial charge < -0.3 is 9.64 Å². The van der Waals surface area contributed by atoms with Crippen LogP contribution in [0.3, 0.4) is 0 Å². The standard InChI is InChI=1S/C18H17NO3/c1-14-7-6-10-16(13-14)22-18(21)12-11-17(20)19(2)15-8-4-3-5-9-15/h3-13H,1-2H3/b12-11+. The lowest BCUT2D eigenvalue weighted by Gasteiger charge is -2.14. The fourth-order valence-electron chi connectivity index (χ4n) is 1.86. The highest BCUT2D eigenvalue weighted by Crippen LogP contribution is 2.13. The topological polar surface area (TPSA) is 46.6 Å². The van der Waals surface area contributed by atoms with E-state index in [4.69, 9.17) is 4.74 Å². The Morgan fingerprint density at radius 3 is 2.41 bits per heavy atom. The van der Waals surface area contributed by atoms with Crippen LogP contribution in [0.5, 0.6) is 5.75 Å². The molecule has 2 aromatic carbocycles. The Morgan fingerprint density at radius 1 is 1.00 bits per heavy atom. The molecular formula is C18H17NO3. The number of rotatable bonds is 4. The third-order valence-electron chi connectivity index (χ3n) is 3.04. The van der Waals surface area contributed by atoms with Crippen LogP contribution >= 0.6 is 0 Å². The maximum absolute atomic E-state index is 12.0. The van der Waals surface area contributed by atoms with Gasteiger partial charge in [-0.15, -0.1) is 0 Å². The Balaban J connectivity index is 1.96. The summed E-state index contributed by atoms with van der Waals surface area (Å²) < 4.78 is 5.13. The van der Waals surface area contributed by atoms with Crippen LogP contribution in [0.2, 0.25) is 0 Å². The minimum atomic E-state index is -0.583. The molecule has 0 aromatic heterocycles. The molecule has 0 aliphatic heterocycles. The Hall–Kier alpha value is -2.88. The van der Waals surface area contributed by atoms with E-state index in [1.54, 1.807) is 25.2 Å². The summed E-state index contributed by atoms with van der Waals surface area (Å²) in [6, 6.07) is 16.3. The second-order valence-electron chi connectivity index (χ2n) is 4.80. The highest BCUT2D eigenvalue weighted by molar-refractivity contribution is 6.04. The number of carbonyl (C=O) groups is 2. The molecule has 112 valence electrons. The average molecular weight is 295 g/mol. The van der Waals surface area contributed by atoms with E-state index in [0.717, 1.165) is 17.3 Å². The number of amides is 1. The van der Waals surface area contributed by atoms with Gasteiger partial charge in [-0.25, -0.2) is 4.79 Å². The van der Waals surface area contributed by atoms with E-state index in [1.807, 2.05) is 43.3 Å². The van der Waals surface area contributed by atoms with Gasteiger partial charge in [0.2, 0.25) is 0 Å². The number of nitrogens with zero attached hydrogens (tertiary/aromatic N) is 1. The van der Waals surface area contributed by atoms with Crippen LogP contribution in [0.25, 0.3) is 0 Å². The van der Waals surface area contributed by atoms with Crippen molar-refractivity contribution in [3.05, 3.63) is 72.3 Å². The lowest BCUT2D eigenvalue weighted by atomic mass is 10.2. The van der Waals surface area contributed by atoms with Crippen LogP contribution in [0, 0.1) is 6.92 Å². The number of benzene rings is 2. The summed E-state index contributed by atoms with van der Waals surface area (Å²) in [5, 5.41) is 0. The molecule has 0 aliphatic rings. The Labute approximate surface area is 129 Å². The maximum atomic E-state index is 12.0. The van der Waals surface area contributed by atoms with Crippen LogP contribution in [-0.2, 0) is 9.59 Å². The molecule has 0 spiro atoms. The molecule has 0 heterocycles. The Bertz CT molecular complexity index is 692. The van der Waals surface area contributed by atoms with Gasteiger partial charge >= 0.3 is 5.97 Å². The molecular weight excluding hydrogens is 278 g/mol. The lowest BCUT2D eigenvalue weighted by molar-refractivity contribution is -0.129. The van der Waals surface area contributed by atoms with Crippen molar-refractivity contribution >= 4 is 17.6 Å². The summed E-state index contributed by atoms with van der Waals surface area (Å²) >= 11 is 0. The first-order valence-electron chi connectivity index (χ1n) is 6.85. The number of hydrogen-bond acceptors (Lipinski definition) is 3. The van der Waals surface area contributed by atoms with Crippen molar-refractivity contribution in [1.82, 2.24) is 0 Å². The number of ether oxygens (including phenoxy) is 1. The summed E-state index contributed by atoms with van der Waals surface area (Å²) in [4.78, 5) is 25.1. The van der Waals surface area contributed by atoms with E-state index in [1.165, 1.54) is 11.0 Å². The normalized spacial score (nSPS) is 10.5. The second-order valence-corrected chi connectivity index (χ2v) is 4.80. The first kappa shape index (κ1) is 15.5. The predicted molar refractivity (Wildman–Crippen MR) is 85.8 cm³/mol. The molecule has 0 unspecified atom stereocenters. The lowest BCUT2D eigenvalue weighted by Crippen LogP contribution is -2.24. The van der Waals surface area contributed by atoms with Gasteiger partial charge in [0.1, 0.15) is 5.75 Å². The zero-order valence-corrected chi connectivity index (χ0v) is 12.5. The number of carbonyl (C=O) groups excluding carboxylic acids is 2. The Morgan fingerprint density at radius 2 is 1.73 bits per heavy atom. The molecule has 0 fully saturated rings. The van der Waals surface area contributed by atoms with Crippen LogP contribution in [0.15, 0.2) is 66.7 Å². The molecule has 4 nitrogen and oxygen atoms in total. The van der Waals surface area contributed by atoms with E-state index in [2.05, 4.69) is 0 Å². The van der Waals surface area contributed by atoms with E-state index in [-0.39, 0.29) is 5.91 Å². The largest absolute Gasteiger partial charge is 0.423 e. The van der Waals surface area contributed by atoms with Crippen molar-refractivity contribution in [3.8, 4) is 5.75 Å². The third kappa shape index (κ3) is 4.31. The summed E-state index contributed by atoms with van der Waals surface area (Å²) in [6.45, 7) is 1.91. The molecule has 0 atom stereocenters. The number of esters is 1. The maximum Gasteiger partial charge on any atom is 0.336 e. The third-order valence-corrected chi connectivity index (χ3v) is 3.04. The quantitative estimate of drug-likeness (QED) is 0.494. The van der Waals surface area contributed by atoms with Gasteiger partial charge in [0, 0.05) is 24.9 Å². The number of likely N-dealkylation sites (N-methyl/N-ethyl adjacent to an activating group) is 1. The Kier molecular flexibility index (Phi) is 5.09. The van der Waals surface area contributed by atoms with E-state index >= 15 is 0 Å². The minimum absolute atomic E-state index is 0.299. The predicted octanol–water partition coefficient (Wildman–Crippen LogP) is 3.12. The smallest absolute Gasteiger partial charge is 0.336 e. The zero-order chi connectivity index (χ0) is 15.9. The highest BCUT2D eigenvalue weighted by atomic mass is 16.5. The number of aryl methyl sites for hydroxylation is 1. The molecule has 0 aliphatic carbocycles.